The minimum atomic E-state index is 0.737. The zero-order valence-electron chi connectivity index (χ0n) is 16.9. The van der Waals surface area contributed by atoms with Crippen molar-refractivity contribution < 1.29 is 0 Å². The van der Waals surface area contributed by atoms with Gasteiger partial charge in [-0.3, -0.25) is 4.99 Å². The summed E-state index contributed by atoms with van der Waals surface area (Å²) in [6.45, 7) is 6.71. The Bertz CT molecular complexity index is 892. The number of imidazole rings is 1. The van der Waals surface area contributed by atoms with Gasteiger partial charge in [-0.1, -0.05) is 53.6 Å². The van der Waals surface area contributed by atoms with E-state index in [1.807, 2.05) is 19.6 Å². The molecule has 0 fully saturated rings. The molecule has 0 amide bonds. The zero-order chi connectivity index (χ0) is 19.8. The Morgan fingerprint density at radius 1 is 1.00 bits per heavy atom. The van der Waals surface area contributed by atoms with E-state index in [0.717, 1.165) is 32.0 Å². The van der Waals surface area contributed by atoms with Gasteiger partial charge in [0.25, 0.3) is 0 Å². The molecule has 3 aromatic rings. The van der Waals surface area contributed by atoms with Crippen molar-refractivity contribution in [3.8, 4) is 0 Å². The Balaban J connectivity index is 1.48. The van der Waals surface area contributed by atoms with E-state index in [1.165, 1.54) is 27.8 Å². The topological polar surface area (TPSA) is 54.2 Å². The molecule has 0 bridgehead atoms. The quantitative estimate of drug-likeness (QED) is 0.491. The number of guanidine groups is 1. The average Bonchev–Trinajstić information content (AvgIpc) is 3.17. The van der Waals surface area contributed by atoms with Crippen LogP contribution < -0.4 is 10.6 Å². The van der Waals surface area contributed by atoms with E-state index < -0.39 is 0 Å². The molecule has 0 aliphatic rings. The lowest BCUT2D eigenvalue weighted by molar-refractivity contribution is 0.782. The van der Waals surface area contributed by atoms with Crippen LogP contribution in [-0.2, 0) is 19.5 Å². The second-order valence-electron chi connectivity index (χ2n) is 7.15. The van der Waals surface area contributed by atoms with E-state index in [-0.39, 0.29) is 0 Å². The molecule has 0 aliphatic heterocycles. The number of hydrogen-bond acceptors (Lipinski definition) is 2. The van der Waals surface area contributed by atoms with Crippen LogP contribution in [0.1, 0.15) is 27.8 Å². The molecular weight excluding hydrogens is 346 g/mol. The summed E-state index contributed by atoms with van der Waals surface area (Å²) in [6, 6.07) is 15.3. The van der Waals surface area contributed by atoms with Crippen LogP contribution >= 0.6 is 0 Å². The number of benzene rings is 2. The number of aliphatic imine (C=N–C) groups is 1. The van der Waals surface area contributed by atoms with Crippen molar-refractivity contribution in [3.63, 3.8) is 0 Å². The largest absolute Gasteiger partial charge is 0.356 e. The van der Waals surface area contributed by atoms with Crippen LogP contribution in [0.25, 0.3) is 0 Å². The second kappa shape index (κ2) is 9.74. The SMILES string of the molecule is CN=C(NCCc1cc(C)cc(C)c1)NCc1cccc(Cn2ccnc2)c1. The van der Waals surface area contributed by atoms with E-state index in [1.54, 1.807) is 6.20 Å². The van der Waals surface area contributed by atoms with E-state index in [2.05, 4.69) is 81.5 Å². The lowest BCUT2D eigenvalue weighted by atomic mass is 10.1. The van der Waals surface area contributed by atoms with Crippen molar-refractivity contribution in [1.29, 1.82) is 0 Å². The monoisotopic (exact) mass is 375 g/mol. The van der Waals surface area contributed by atoms with Crippen LogP contribution in [0.5, 0.6) is 0 Å². The van der Waals surface area contributed by atoms with Crippen LogP contribution in [0.15, 0.2) is 66.2 Å². The number of aromatic nitrogens is 2. The van der Waals surface area contributed by atoms with Gasteiger partial charge in [-0.25, -0.2) is 4.98 Å². The standard InChI is InChI=1S/C23H29N5/c1-18-11-19(2)13-20(12-18)7-8-26-23(24-3)27-15-21-5-4-6-22(14-21)16-28-10-9-25-17-28/h4-6,9-14,17H,7-8,15-16H2,1-3H3,(H2,24,26,27). The fourth-order valence-electron chi connectivity index (χ4n) is 3.37. The molecule has 1 heterocycles. The Morgan fingerprint density at radius 3 is 2.50 bits per heavy atom. The fourth-order valence-corrected chi connectivity index (χ4v) is 3.37. The normalized spacial score (nSPS) is 11.5. The Hall–Kier alpha value is -3.08. The van der Waals surface area contributed by atoms with Gasteiger partial charge in [-0.05, 0) is 37.0 Å². The first-order chi connectivity index (χ1) is 13.6. The van der Waals surface area contributed by atoms with E-state index in [9.17, 15) is 0 Å². The number of nitrogens with one attached hydrogen (secondary N) is 2. The summed E-state index contributed by atoms with van der Waals surface area (Å²) in [6.07, 6.45) is 6.60. The highest BCUT2D eigenvalue weighted by Crippen LogP contribution is 2.09. The van der Waals surface area contributed by atoms with E-state index in [0.29, 0.717) is 0 Å². The van der Waals surface area contributed by atoms with Gasteiger partial charge >= 0.3 is 0 Å². The number of nitrogens with zero attached hydrogens (tertiary/aromatic N) is 3. The lowest BCUT2D eigenvalue weighted by Gasteiger charge is -2.13. The molecule has 146 valence electrons. The summed E-state index contributed by atoms with van der Waals surface area (Å²) in [5.74, 6) is 0.824. The first kappa shape index (κ1) is 19.7. The highest BCUT2D eigenvalue weighted by molar-refractivity contribution is 5.79. The van der Waals surface area contributed by atoms with Gasteiger partial charge in [0.2, 0.25) is 0 Å². The molecular formula is C23H29N5. The maximum Gasteiger partial charge on any atom is 0.191 e. The van der Waals surface area contributed by atoms with Crippen molar-refractivity contribution >= 4 is 5.96 Å². The Kier molecular flexibility index (Phi) is 6.84. The minimum absolute atomic E-state index is 0.737. The maximum atomic E-state index is 4.33. The molecule has 0 saturated carbocycles. The highest BCUT2D eigenvalue weighted by atomic mass is 15.2. The van der Waals surface area contributed by atoms with Crippen LogP contribution in [0, 0.1) is 13.8 Å². The molecule has 1 aromatic heterocycles. The number of aryl methyl sites for hydroxylation is 2. The summed E-state index contributed by atoms with van der Waals surface area (Å²) >= 11 is 0. The lowest BCUT2D eigenvalue weighted by Crippen LogP contribution is -2.37. The molecule has 0 radical (unpaired) electrons. The van der Waals surface area contributed by atoms with Gasteiger partial charge in [0.05, 0.1) is 6.33 Å². The third kappa shape index (κ3) is 5.98. The van der Waals surface area contributed by atoms with Gasteiger partial charge in [-0.15, -0.1) is 0 Å². The first-order valence-corrected chi connectivity index (χ1v) is 9.67. The van der Waals surface area contributed by atoms with Crippen LogP contribution in [0.2, 0.25) is 0 Å². The average molecular weight is 376 g/mol. The fraction of sp³-hybridized carbons (Fsp3) is 0.304. The van der Waals surface area contributed by atoms with Crippen LogP contribution in [0.4, 0.5) is 0 Å². The number of rotatable bonds is 7. The molecule has 28 heavy (non-hydrogen) atoms. The van der Waals surface area contributed by atoms with Gasteiger partial charge in [0, 0.05) is 39.1 Å². The highest BCUT2D eigenvalue weighted by Gasteiger charge is 2.02. The Labute approximate surface area is 167 Å². The predicted octanol–water partition coefficient (Wildman–Crippen LogP) is 3.46. The summed E-state index contributed by atoms with van der Waals surface area (Å²) < 4.78 is 2.07. The van der Waals surface area contributed by atoms with Gasteiger partial charge in [0.1, 0.15) is 0 Å². The molecule has 3 rings (SSSR count). The van der Waals surface area contributed by atoms with Crippen molar-refractivity contribution in [3.05, 3.63) is 89.0 Å². The molecule has 0 atom stereocenters. The summed E-state index contributed by atoms with van der Waals surface area (Å²) in [7, 11) is 1.81. The molecule has 0 aliphatic carbocycles. The molecule has 0 unspecified atom stereocenters. The van der Waals surface area contributed by atoms with Crippen molar-refractivity contribution in [2.75, 3.05) is 13.6 Å². The molecule has 2 aromatic carbocycles. The Morgan fingerprint density at radius 2 is 1.79 bits per heavy atom. The zero-order valence-corrected chi connectivity index (χ0v) is 16.9. The van der Waals surface area contributed by atoms with Gasteiger partial charge < -0.3 is 15.2 Å². The summed E-state index contributed by atoms with van der Waals surface area (Å²) in [5, 5.41) is 6.81. The molecule has 5 nitrogen and oxygen atoms in total. The van der Waals surface area contributed by atoms with E-state index in [4.69, 9.17) is 0 Å². The molecule has 0 saturated heterocycles. The third-order valence-corrected chi connectivity index (χ3v) is 4.59. The van der Waals surface area contributed by atoms with Crippen LogP contribution in [0.3, 0.4) is 0 Å². The van der Waals surface area contributed by atoms with Gasteiger partial charge in [0.15, 0.2) is 5.96 Å². The van der Waals surface area contributed by atoms with Crippen molar-refractivity contribution in [2.45, 2.75) is 33.4 Å². The smallest absolute Gasteiger partial charge is 0.191 e. The van der Waals surface area contributed by atoms with Crippen molar-refractivity contribution in [2.24, 2.45) is 4.99 Å². The first-order valence-electron chi connectivity index (χ1n) is 9.67. The third-order valence-electron chi connectivity index (χ3n) is 4.59. The molecule has 5 heteroatoms. The minimum Gasteiger partial charge on any atom is -0.356 e. The summed E-state index contributed by atoms with van der Waals surface area (Å²) in [4.78, 5) is 8.43. The molecule has 2 N–H and O–H groups in total. The van der Waals surface area contributed by atoms with E-state index >= 15 is 0 Å². The molecule has 0 spiro atoms. The van der Waals surface area contributed by atoms with Crippen molar-refractivity contribution in [1.82, 2.24) is 20.2 Å². The number of hydrogen-bond donors (Lipinski definition) is 2. The maximum absolute atomic E-state index is 4.33. The summed E-state index contributed by atoms with van der Waals surface area (Å²) in [5.41, 5.74) is 6.47. The van der Waals surface area contributed by atoms with Crippen LogP contribution in [-0.4, -0.2) is 29.1 Å². The second-order valence-corrected chi connectivity index (χ2v) is 7.15. The predicted molar refractivity (Wildman–Crippen MR) is 116 cm³/mol. The van der Waals surface area contributed by atoms with Gasteiger partial charge in [-0.2, -0.15) is 0 Å².